The van der Waals surface area contributed by atoms with E-state index >= 15 is 0 Å². The number of nitrogens with one attached hydrogen (secondary N) is 1. The van der Waals surface area contributed by atoms with Crippen LogP contribution in [0.25, 0.3) is 0 Å². The normalized spacial score (nSPS) is 10.4. The van der Waals surface area contributed by atoms with Gasteiger partial charge in [-0.3, -0.25) is 0 Å². The summed E-state index contributed by atoms with van der Waals surface area (Å²) in [6.07, 6.45) is 0. The molecular weight excluding hydrogens is 309 g/mol. The molecule has 0 aliphatic heterocycles. The zero-order valence-corrected chi connectivity index (χ0v) is 11.5. The fourth-order valence-electron chi connectivity index (χ4n) is 1.57. The van der Waals surface area contributed by atoms with Crippen molar-refractivity contribution in [1.82, 2.24) is 0 Å². The lowest BCUT2D eigenvalue weighted by atomic mass is 10.2. The minimum Gasteiger partial charge on any atom is -0.389 e. The van der Waals surface area contributed by atoms with E-state index in [2.05, 4.69) is 5.32 Å². The average Bonchev–Trinajstić information content (AvgIpc) is 2.35. The van der Waals surface area contributed by atoms with Gasteiger partial charge in [0.25, 0.3) is 0 Å². The van der Waals surface area contributed by atoms with Crippen LogP contribution in [0.4, 0.5) is 24.5 Å². The van der Waals surface area contributed by atoms with Gasteiger partial charge in [0, 0.05) is 23.4 Å². The van der Waals surface area contributed by atoms with Gasteiger partial charge in [0.2, 0.25) is 0 Å². The summed E-state index contributed by atoms with van der Waals surface area (Å²) in [6, 6.07) is 5.73. The minimum absolute atomic E-state index is 0.126. The molecule has 0 saturated heterocycles. The summed E-state index contributed by atoms with van der Waals surface area (Å²) in [5, 5.41) is 2.87. The molecule has 0 spiro atoms. The molecule has 0 aliphatic carbocycles. The number of anilines is 2. The van der Waals surface area contributed by atoms with Gasteiger partial charge in [-0.1, -0.05) is 23.8 Å². The molecule has 0 saturated carbocycles. The molecule has 0 atom stereocenters. The Kier molecular flexibility index (Phi) is 4.15. The number of benzene rings is 2. The smallest absolute Gasteiger partial charge is 0.161 e. The van der Waals surface area contributed by atoms with Crippen molar-refractivity contribution < 1.29 is 13.2 Å². The maximum Gasteiger partial charge on any atom is 0.161 e. The number of thiocarbonyl (C=S) groups is 1. The van der Waals surface area contributed by atoms with E-state index in [1.165, 1.54) is 6.07 Å². The number of nitrogens with two attached hydrogens (primary N) is 1. The van der Waals surface area contributed by atoms with E-state index < -0.39 is 17.5 Å². The van der Waals surface area contributed by atoms with E-state index in [1.54, 1.807) is 12.1 Å². The molecule has 0 amide bonds. The van der Waals surface area contributed by atoms with E-state index in [0.29, 0.717) is 17.3 Å². The van der Waals surface area contributed by atoms with Crippen molar-refractivity contribution in [3.05, 3.63) is 58.4 Å². The predicted molar refractivity (Wildman–Crippen MR) is 76.9 cm³/mol. The molecule has 0 heterocycles. The fraction of sp³-hybridized carbons (Fsp3) is 0. The van der Waals surface area contributed by atoms with Gasteiger partial charge in [-0.25, -0.2) is 13.2 Å². The van der Waals surface area contributed by atoms with Gasteiger partial charge in [-0.05, 0) is 18.2 Å². The molecule has 2 rings (SSSR count). The van der Waals surface area contributed by atoms with E-state index in [9.17, 15) is 13.2 Å². The van der Waals surface area contributed by atoms with E-state index in [4.69, 9.17) is 29.6 Å². The molecular formula is C13H8ClF3N2S. The zero-order valence-electron chi connectivity index (χ0n) is 9.88. The summed E-state index contributed by atoms with van der Waals surface area (Å²) in [6.45, 7) is 0. The summed E-state index contributed by atoms with van der Waals surface area (Å²) in [7, 11) is 0. The molecule has 20 heavy (non-hydrogen) atoms. The van der Waals surface area contributed by atoms with Gasteiger partial charge in [-0.2, -0.15) is 0 Å². The first-order valence-corrected chi connectivity index (χ1v) is 6.18. The van der Waals surface area contributed by atoms with E-state index in [-0.39, 0.29) is 15.7 Å². The Bertz CT molecular complexity index is 692. The summed E-state index contributed by atoms with van der Waals surface area (Å²) < 4.78 is 39.4. The van der Waals surface area contributed by atoms with Crippen LogP contribution in [0.3, 0.4) is 0 Å². The molecule has 2 aromatic carbocycles. The summed E-state index contributed by atoms with van der Waals surface area (Å²) in [5.74, 6) is -3.33. The standard InChI is InChI=1S/C13H8ClF3N2S/c14-8-3-6(1-2-7(8)13(18)20)19-12-5-10(16)9(15)4-11(12)17/h1-5,19H,(H2,18,20). The Morgan fingerprint density at radius 2 is 1.70 bits per heavy atom. The van der Waals surface area contributed by atoms with Crippen molar-refractivity contribution in [3.8, 4) is 0 Å². The maximum absolute atomic E-state index is 13.5. The lowest BCUT2D eigenvalue weighted by Gasteiger charge is -2.10. The van der Waals surface area contributed by atoms with Crippen molar-refractivity contribution in [2.24, 2.45) is 5.73 Å². The van der Waals surface area contributed by atoms with Crippen LogP contribution >= 0.6 is 23.8 Å². The highest BCUT2D eigenvalue weighted by atomic mass is 35.5. The molecule has 2 aromatic rings. The molecule has 2 nitrogen and oxygen atoms in total. The van der Waals surface area contributed by atoms with Crippen LogP contribution in [0.5, 0.6) is 0 Å². The maximum atomic E-state index is 13.5. The molecule has 0 bridgehead atoms. The number of rotatable bonds is 3. The minimum atomic E-state index is -1.25. The summed E-state index contributed by atoms with van der Waals surface area (Å²) in [5.41, 5.74) is 6.11. The first kappa shape index (κ1) is 14.6. The van der Waals surface area contributed by atoms with Crippen LogP contribution in [-0.2, 0) is 0 Å². The highest BCUT2D eigenvalue weighted by Crippen LogP contribution is 2.26. The van der Waals surface area contributed by atoms with Crippen LogP contribution in [0, 0.1) is 17.5 Å². The van der Waals surface area contributed by atoms with Crippen LogP contribution in [-0.4, -0.2) is 4.99 Å². The van der Waals surface area contributed by atoms with Crippen molar-refractivity contribution in [2.45, 2.75) is 0 Å². The Balaban J connectivity index is 2.33. The largest absolute Gasteiger partial charge is 0.389 e. The third kappa shape index (κ3) is 3.02. The molecule has 104 valence electrons. The Morgan fingerprint density at radius 3 is 2.30 bits per heavy atom. The number of halogens is 4. The van der Waals surface area contributed by atoms with Gasteiger partial charge in [0.05, 0.1) is 10.7 Å². The monoisotopic (exact) mass is 316 g/mol. The summed E-state index contributed by atoms with van der Waals surface area (Å²) in [4.78, 5) is 0.126. The van der Waals surface area contributed by atoms with E-state index in [0.717, 1.165) is 6.07 Å². The molecule has 0 radical (unpaired) electrons. The second kappa shape index (κ2) is 5.68. The van der Waals surface area contributed by atoms with Crippen molar-refractivity contribution in [1.29, 1.82) is 0 Å². The molecule has 3 N–H and O–H groups in total. The first-order valence-electron chi connectivity index (χ1n) is 5.39. The highest BCUT2D eigenvalue weighted by Gasteiger charge is 2.11. The lowest BCUT2D eigenvalue weighted by molar-refractivity contribution is 0.496. The summed E-state index contributed by atoms with van der Waals surface area (Å²) >= 11 is 10.7. The highest BCUT2D eigenvalue weighted by molar-refractivity contribution is 7.80. The zero-order chi connectivity index (χ0) is 14.9. The van der Waals surface area contributed by atoms with Gasteiger partial charge in [-0.15, -0.1) is 0 Å². The van der Waals surface area contributed by atoms with Crippen molar-refractivity contribution >= 4 is 40.2 Å². The van der Waals surface area contributed by atoms with Crippen LogP contribution in [0.2, 0.25) is 5.02 Å². The SMILES string of the molecule is NC(=S)c1ccc(Nc2cc(F)c(F)cc2F)cc1Cl. The Labute approximate surface area is 123 Å². The van der Waals surface area contributed by atoms with Crippen LogP contribution < -0.4 is 11.1 Å². The quantitative estimate of drug-likeness (QED) is 0.660. The second-order valence-corrected chi connectivity index (χ2v) is 4.78. The molecule has 0 unspecified atom stereocenters. The topological polar surface area (TPSA) is 38.0 Å². The molecule has 0 aromatic heterocycles. The number of hydrogen-bond donors (Lipinski definition) is 2. The fourth-order valence-corrected chi connectivity index (χ4v) is 2.08. The van der Waals surface area contributed by atoms with Gasteiger partial charge in [0.15, 0.2) is 11.6 Å². The third-order valence-corrected chi connectivity index (χ3v) is 3.06. The van der Waals surface area contributed by atoms with Gasteiger partial charge in [0.1, 0.15) is 10.8 Å². The third-order valence-electron chi connectivity index (χ3n) is 2.52. The van der Waals surface area contributed by atoms with Crippen molar-refractivity contribution in [3.63, 3.8) is 0 Å². The Morgan fingerprint density at radius 1 is 1.05 bits per heavy atom. The lowest BCUT2D eigenvalue weighted by Crippen LogP contribution is -2.10. The molecule has 0 fully saturated rings. The van der Waals surface area contributed by atoms with Crippen LogP contribution in [0.1, 0.15) is 5.56 Å². The Hall–Kier alpha value is -1.79. The average molecular weight is 317 g/mol. The van der Waals surface area contributed by atoms with Crippen molar-refractivity contribution in [2.75, 3.05) is 5.32 Å². The molecule has 0 aliphatic rings. The van der Waals surface area contributed by atoms with Crippen LogP contribution in [0.15, 0.2) is 30.3 Å². The van der Waals surface area contributed by atoms with E-state index in [1.807, 2.05) is 0 Å². The predicted octanol–water partition coefficient (Wildman–Crippen LogP) is 4.14. The second-order valence-electron chi connectivity index (χ2n) is 3.93. The van der Waals surface area contributed by atoms with Gasteiger partial charge >= 0.3 is 0 Å². The number of hydrogen-bond acceptors (Lipinski definition) is 2. The first-order chi connectivity index (χ1) is 9.38. The molecule has 7 heteroatoms. The van der Waals surface area contributed by atoms with Gasteiger partial charge < -0.3 is 11.1 Å².